The van der Waals surface area contributed by atoms with Gasteiger partial charge in [0.25, 0.3) is 5.91 Å². The summed E-state index contributed by atoms with van der Waals surface area (Å²) in [5.74, 6) is 0.776. The van der Waals surface area contributed by atoms with Gasteiger partial charge in [0.05, 0.1) is 24.9 Å². The summed E-state index contributed by atoms with van der Waals surface area (Å²) in [5.41, 5.74) is 1.51. The van der Waals surface area contributed by atoms with Gasteiger partial charge in [0, 0.05) is 32.9 Å². The second-order valence-corrected chi connectivity index (χ2v) is 6.45. The quantitative estimate of drug-likeness (QED) is 0.860. The van der Waals surface area contributed by atoms with Crippen LogP contribution in [0.4, 0.5) is 5.82 Å². The Kier molecular flexibility index (Phi) is 6.20. The molecule has 6 heteroatoms. The number of rotatable bonds is 6. The summed E-state index contributed by atoms with van der Waals surface area (Å²) in [4.78, 5) is 20.6. The molecule has 1 saturated heterocycles. The van der Waals surface area contributed by atoms with E-state index >= 15 is 0 Å². The van der Waals surface area contributed by atoms with Crippen molar-refractivity contribution in [3.05, 3.63) is 59.8 Å². The lowest BCUT2D eigenvalue weighted by molar-refractivity contribution is 0.0302. The number of aliphatic hydroxyl groups excluding tert-OH is 1. The first-order chi connectivity index (χ1) is 12.6. The number of aliphatic hydroxyl groups is 1. The molecule has 1 aromatic carbocycles. The van der Waals surface area contributed by atoms with Gasteiger partial charge in [-0.3, -0.25) is 4.79 Å². The minimum Gasteiger partial charge on any atom is -0.388 e. The molecule has 2 heterocycles. The Morgan fingerprint density at radius 1 is 1.23 bits per heavy atom. The first kappa shape index (κ1) is 18.4. The highest BCUT2D eigenvalue weighted by Crippen LogP contribution is 2.18. The molecule has 1 amide bonds. The molecule has 3 rings (SSSR count). The number of hydrogen-bond acceptors (Lipinski definition) is 5. The van der Waals surface area contributed by atoms with Crippen LogP contribution in [0.2, 0.25) is 0 Å². The Morgan fingerprint density at radius 3 is 2.62 bits per heavy atom. The minimum atomic E-state index is -0.499. The summed E-state index contributed by atoms with van der Waals surface area (Å²) in [7, 11) is 1.93. The topological polar surface area (TPSA) is 65.9 Å². The third-order valence-corrected chi connectivity index (χ3v) is 4.61. The molecular weight excluding hydrogens is 330 g/mol. The van der Waals surface area contributed by atoms with Crippen LogP contribution in [-0.2, 0) is 4.74 Å². The van der Waals surface area contributed by atoms with E-state index in [1.54, 1.807) is 11.1 Å². The fraction of sp³-hybridized carbons (Fsp3) is 0.400. The Morgan fingerprint density at radius 2 is 1.96 bits per heavy atom. The lowest BCUT2D eigenvalue weighted by atomic mass is 10.1. The zero-order valence-electron chi connectivity index (χ0n) is 15.0. The van der Waals surface area contributed by atoms with Crippen LogP contribution in [-0.4, -0.2) is 60.8 Å². The van der Waals surface area contributed by atoms with Crippen LogP contribution in [0.3, 0.4) is 0 Å². The Bertz CT molecular complexity index is 700. The standard InChI is InChI=1S/C20H25N3O3/c1-22(10-9-18(24)16-5-3-2-4-6-16)19-8-7-17(15-21-19)20(25)23-11-13-26-14-12-23/h2-8,15,18,24H,9-14H2,1H3. The number of pyridine rings is 1. The molecular formula is C20H25N3O3. The van der Waals surface area contributed by atoms with Gasteiger partial charge < -0.3 is 19.6 Å². The van der Waals surface area contributed by atoms with Crippen molar-refractivity contribution in [3.8, 4) is 0 Å². The molecule has 0 radical (unpaired) electrons. The predicted octanol–water partition coefficient (Wildman–Crippen LogP) is 2.11. The molecule has 0 saturated carbocycles. The fourth-order valence-electron chi connectivity index (χ4n) is 2.96. The molecule has 1 fully saturated rings. The lowest BCUT2D eigenvalue weighted by Gasteiger charge is -2.27. The molecule has 0 bridgehead atoms. The highest BCUT2D eigenvalue weighted by Gasteiger charge is 2.19. The SMILES string of the molecule is CN(CCC(O)c1ccccc1)c1ccc(C(=O)N2CCOCC2)cn1. The molecule has 0 aliphatic carbocycles. The van der Waals surface area contributed by atoms with Gasteiger partial charge in [-0.15, -0.1) is 0 Å². The number of ether oxygens (including phenoxy) is 1. The van der Waals surface area contributed by atoms with Crippen LogP contribution in [0.1, 0.15) is 28.4 Å². The molecule has 138 valence electrons. The summed E-state index contributed by atoms with van der Waals surface area (Å²) < 4.78 is 5.28. The van der Waals surface area contributed by atoms with Gasteiger partial charge in [0.1, 0.15) is 5.82 Å². The van der Waals surface area contributed by atoms with E-state index in [9.17, 15) is 9.90 Å². The summed E-state index contributed by atoms with van der Waals surface area (Å²) in [6, 6.07) is 13.3. The van der Waals surface area contributed by atoms with E-state index in [2.05, 4.69) is 4.98 Å². The van der Waals surface area contributed by atoms with Gasteiger partial charge in [0.15, 0.2) is 0 Å². The second kappa shape index (κ2) is 8.78. The summed E-state index contributed by atoms with van der Waals surface area (Å²) >= 11 is 0. The largest absolute Gasteiger partial charge is 0.388 e. The Hall–Kier alpha value is -2.44. The van der Waals surface area contributed by atoms with E-state index in [0.29, 0.717) is 44.8 Å². The minimum absolute atomic E-state index is 0.00509. The number of amides is 1. The fourth-order valence-corrected chi connectivity index (χ4v) is 2.96. The maximum atomic E-state index is 12.4. The van der Waals surface area contributed by atoms with Crippen molar-refractivity contribution in [3.63, 3.8) is 0 Å². The molecule has 1 N–H and O–H groups in total. The van der Waals surface area contributed by atoms with Gasteiger partial charge >= 0.3 is 0 Å². The summed E-state index contributed by atoms with van der Waals surface area (Å²) in [6.07, 6.45) is 1.73. The van der Waals surface area contributed by atoms with Crippen LogP contribution in [0.5, 0.6) is 0 Å². The molecule has 6 nitrogen and oxygen atoms in total. The molecule has 0 spiro atoms. The number of anilines is 1. The van der Waals surface area contributed by atoms with E-state index in [-0.39, 0.29) is 5.91 Å². The second-order valence-electron chi connectivity index (χ2n) is 6.45. The smallest absolute Gasteiger partial charge is 0.255 e. The number of benzene rings is 1. The van der Waals surface area contributed by atoms with E-state index in [1.165, 1.54) is 0 Å². The Balaban J connectivity index is 1.55. The normalized spacial score (nSPS) is 15.5. The zero-order valence-corrected chi connectivity index (χ0v) is 15.0. The number of carbonyl (C=O) groups is 1. The zero-order chi connectivity index (χ0) is 18.4. The van der Waals surface area contributed by atoms with Crippen molar-refractivity contribution in [1.82, 2.24) is 9.88 Å². The molecule has 1 unspecified atom stereocenters. The third kappa shape index (κ3) is 4.59. The average molecular weight is 355 g/mol. The lowest BCUT2D eigenvalue weighted by Crippen LogP contribution is -2.40. The van der Waals surface area contributed by atoms with E-state index in [0.717, 1.165) is 11.4 Å². The number of aromatic nitrogens is 1. The van der Waals surface area contributed by atoms with Crippen molar-refractivity contribution in [2.45, 2.75) is 12.5 Å². The summed E-state index contributed by atoms with van der Waals surface area (Å²) in [6.45, 7) is 3.09. The van der Waals surface area contributed by atoms with Gasteiger partial charge in [-0.25, -0.2) is 4.98 Å². The van der Waals surface area contributed by atoms with Crippen molar-refractivity contribution in [2.75, 3.05) is 44.8 Å². The average Bonchev–Trinajstić information content (AvgIpc) is 2.72. The van der Waals surface area contributed by atoms with Gasteiger partial charge in [0.2, 0.25) is 0 Å². The molecule has 26 heavy (non-hydrogen) atoms. The summed E-state index contributed by atoms with van der Waals surface area (Å²) in [5, 5.41) is 10.3. The predicted molar refractivity (Wildman–Crippen MR) is 100 cm³/mol. The highest BCUT2D eigenvalue weighted by atomic mass is 16.5. The monoisotopic (exact) mass is 355 g/mol. The number of nitrogens with zero attached hydrogens (tertiary/aromatic N) is 3. The van der Waals surface area contributed by atoms with Crippen molar-refractivity contribution in [1.29, 1.82) is 0 Å². The van der Waals surface area contributed by atoms with E-state index in [1.807, 2.05) is 54.4 Å². The number of morpholine rings is 1. The maximum Gasteiger partial charge on any atom is 0.255 e. The molecule has 1 aliphatic rings. The van der Waals surface area contributed by atoms with Crippen LogP contribution in [0, 0.1) is 0 Å². The van der Waals surface area contributed by atoms with Crippen LogP contribution in [0.15, 0.2) is 48.7 Å². The van der Waals surface area contributed by atoms with E-state index < -0.39 is 6.10 Å². The first-order valence-electron chi connectivity index (χ1n) is 8.92. The van der Waals surface area contributed by atoms with Crippen LogP contribution >= 0.6 is 0 Å². The molecule has 2 aromatic rings. The van der Waals surface area contributed by atoms with Crippen LogP contribution < -0.4 is 4.90 Å². The van der Waals surface area contributed by atoms with Gasteiger partial charge in [-0.1, -0.05) is 30.3 Å². The van der Waals surface area contributed by atoms with Crippen LogP contribution in [0.25, 0.3) is 0 Å². The highest BCUT2D eigenvalue weighted by molar-refractivity contribution is 5.94. The molecule has 1 aliphatic heterocycles. The van der Waals surface area contributed by atoms with Gasteiger partial charge in [-0.05, 0) is 24.1 Å². The van der Waals surface area contributed by atoms with E-state index in [4.69, 9.17) is 4.74 Å². The first-order valence-corrected chi connectivity index (χ1v) is 8.92. The number of hydrogen-bond donors (Lipinski definition) is 1. The third-order valence-electron chi connectivity index (χ3n) is 4.61. The molecule has 1 aromatic heterocycles. The van der Waals surface area contributed by atoms with Crippen molar-refractivity contribution < 1.29 is 14.6 Å². The van der Waals surface area contributed by atoms with Gasteiger partial charge in [-0.2, -0.15) is 0 Å². The maximum absolute atomic E-state index is 12.4. The van der Waals surface area contributed by atoms with Crippen molar-refractivity contribution in [2.24, 2.45) is 0 Å². The molecule has 1 atom stereocenters. The van der Waals surface area contributed by atoms with Crippen molar-refractivity contribution >= 4 is 11.7 Å². The Labute approximate surface area is 154 Å². The number of carbonyl (C=O) groups excluding carboxylic acids is 1.